The summed E-state index contributed by atoms with van der Waals surface area (Å²) in [7, 11) is 0. The van der Waals surface area contributed by atoms with Crippen LogP contribution in [0.3, 0.4) is 0 Å². The Kier molecular flexibility index (Phi) is 5.57. The predicted octanol–water partition coefficient (Wildman–Crippen LogP) is 2.64. The Morgan fingerprint density at radius 2 is 2.20 bits per heavy atom. The van der Waals surface area contributed by atoms with Gasteiger partial charge in [0.2, 0.25) is 5.82 Å². The van der Waals surface area contributed by atoms with Gasteiger partial charge in [-0.1, -0.05) is 11.2 Å². The van der Waals surface area contributed by atoms with Gasteiger partial charge in [0.25, 0.3) is 11.8 Å². The summed E-state index contributed by atoms with van der Waals surface area (Å²) in [6.45, 7) is 0.297. The highest BCUT2D eigenvalue weighted by atomic mass is 32.1. The minimum absolute atomic E-state index is 0.0491. The maximum atomic E-state index is 11.7. The lowest BCUT2D eigenvalue weighted by atomic mass is 10.3. The van der Waals surface area contributed by atoms with Crippen LogP contribution in [0.5, 0.6) is 0 Å². The Morgan fingerprint density at radius 1 is 1.28 bits per heavy atom. The highest BCUT2D eigenvalue weighted by molar-refractivity contribution is 7.13. The molecule has 25 heavy (non-hydrogen) atoms. The van der Waals surface area contributed by atoms with Crippen molar-refractivity contribution in [3.8, 4) is 10.8 Å². The number of nitrogens with one attached hydrogen (secondary N) is 1. The van der Waals surface area contributed by atoms with Crippen LogP contribution in [-0.2, 0) is 16.1 Å². The Labute approximate surface area is 146 Å². The number of carbonyl (C=O) groups is 2. The molecule has 0 aliphatic carbocycles. The molecular weight excluding hydrogens is 346 g/mol. The number of carbonyl (C=O) groups excluding carboxylic acids is 2. The van der Waals surface area contributed by atoms with Gasteiger partial charge in [-0.2, -0.15) is 4.98 Å². The molecule has 3 heterocycles. The van der Waals surface area contributed by atoms with Crippen molar-refractivity contribution in [1.82, 2.24) is 15.5 Å². The number of nitrogens with zero attached hydrogens (tertiary/aromatic N) is 2. The number of esters is 1. The molecular formula is C16H15N3O5S. The molecule has 9 heteroatoms. The summed E-state index contributed by atoms with van der Waals surface area (Å²) in [6.07, 6.45) is 2.06. The Bertz CT molecular complexity index is 811. The molecule has 1 amide bonds. The van der Waals surface area contributed by atoms with Gasteiger partial charge >= 0.3 is 5.97 Å². The van der Waals surface area contributed by atoms with Gasteiger partial charge in [0.15, 0.2) is 12.4 Å². The Morgan fingerprint density at radius 3 is 2.96 bits per heavy atom. The van der Waals surface area contributed by atoms with Crippen LogP contribution in [0.15, 0.2) is 44.8 Å². The number of hydrogen-bond donors (Lipinski definition) is 1. The van der Waals surface area contributed by atoms with Crippen LogP contribution in [0.1, 0.15) is 29.2 Å². The minimum Gasteiger partial charge on any atom is -0.459 e. The first-order chi connectivity index (χ1) is 12.2. The summed E-state index contributed by atoms with van der Waals surface area (Å²) < 4.78 is 15.2. The smallest absolute Gasteiger partial charge is 0.306 e. The number of thiophene rings is 1. The molecule has 0 saturated carbocycles. The third-order valence-corrected chi connectivity index (χ3v) is 4.01. The number of rotatable bonds is 8. The van der Waals surface area contributed by atoms with Crippen molar-refractivity contribution in [2.24, 2.45) is 0 Å². The van der Waals surface area contributed by atoms with Crippen LogP contribution >= 0.6 is 11.3 Å². The Balaban J connectivity index is 1.34. The fourth-order valence-corrected chi connectivity index (χ4v) is 2.60. The molecule has 0 atom stereocenters. The highest BCUT2D eigenvalue weighted by Crippen LogP contribution is 2.22. The van der Waals surface area contributed by atoms with E-state index in [4.69, 9.17) is 13.7 Å². The van der Waals surface area contributed by atoms with E-state index in [0.29, 0.717) is 24.7 Å². The van der Waals surface area contributed by atoms with E-state index in [9.17, 15) is 9.59 Å². The van der Waals surface area contributed by atoms with E-state index in [-0.39, 0.29) is 24.7 Å². The molecule has 0 unspecified atom stereocenters. The van der Waals surface area contributed by atoms with Crippen molar-refractivity contribution in [3.05, 3.63) is 47.5 Å². The van der Waals surface area contributed by atoms with Crippen LogP contribution in [0.25, 0.3) is 10.8 Å². The second-order valence-electron chi connectivity index (χ2n) is 4.99. The van der Waals surface area contributed by atoms with Gasteiger partial charge < -0.3 is 19.0 Å². The van der Waals surface area contributed by atoms with Gasteiger partial charge in [-0.05, 0) is 30.0 Å². The first kappa shape index (κ1) is 16.9. The molecule has 0 spiro atoms. The quantitative estimate of drug-likeness (QED) is 0.485. The van der Waals surface area contributed by atoms with E-state index in [1.165, 1.54) is 17.6 Å². The first-order valence-corrected chi connectivity index (χ1v) is 8.44. The standard InChI is InChI=1S/C16H15N3O5S/c20-14(6-1-7-17-15(21)11-4-2-8-22-11)23-10-13-18-16(24-19-13)12-5-3-9-25-12/h2-5,8-9H,1,6-7,10H2,(H,17,21). The van der Waals surface area contributed by atoms with Crippen LogP contribution < -0.4 is 5.32 Å². The van der Waals surface area contributed by atoms with E-state index in [0.717, 1.165) is 4.88 Å². The maximum Gasteiger partial charge on any atom is 0.306 e. The van der Waals surface area contributed by atoms with Gasteiger partial charge in [-0.25, -0.2) is 0 Å². The van der Waals surface area contributed by atoms with E-state index < -0.39 is 5.97 Å². The van der Waals surface area contributed by atoms with Crippen LogP contribution in [0.2, 0.25) is 0 Å². The molecule has 3 rings (SSSR count). The van der Waals surface area contributed by atoms with E-state index in [1.54, 1.807) is 12.1 Å². The normalized spacial score (nSPS) is 10.6. The lowest BCUT2D eigenvalue weighted by Gasteiger charge is -2.03. The first-order valence-electron chi connectivity index (χ1n) is 7.56. The SMILES string of the molecule is O=C(CCCNC(=O)c1ccco1)OCc1noc(-c2cccs2)n1. The molecule has 130 valence electrons. The third-order valence-electron chi connectivity index (χ3n) is 3.15. The molecule has 3 aromatic rings. The molecule has 0 radical (unpaired) electrons. The summed E-state index contributed by atoms with van der Waals surface area (Å²) in [5, 5.41) is 8.33. The molecule has 0 saturated heterocycles. The summed E-state index contributed by atoms with van der Waals surface area (Å²) in [4.78, 5) is 28.3. The lowest BCUT2D eigenvalue weighted by Crippen LogP contribution is -2.24. The zero-order chi connectivity index (χ0) is 17.5. The van der Waals surface area contributed by atoms with Gasteiger partial charge in [0.05, 0.1) is 11.1 Å². The maximum absolute atomic E-state index is 11.7. The second-order valence-corrected chi connectivity index (χ2v) is 5.94. The number of furan rings is 1. The number of hydrogen-bond acceptors (Lipinski definition) is 8. The van der Waals surface area contributed by atoms with Crippen LogP contribution in [0.4, 0.5) is 0 Å². The number of aromatic nitrogens is 2. The van der Waals surface area contributed by atoms with Gasteiger partial charge in [-0.15, -0.1) is 11.3 Å². The van der Waals surface area contributed by atoms with E-state index in [2.05, 4.69) is 15.5 Å². The highest BCUT2D eigenvalue weighted by Gasteiger charge is 2.12. The van der Waals surface area contributed by atoms with Crippen molar-refractivity contribution in [2.75, 3.05) is 6.54 Å². The van der Waals surface area contributed by atoms with Gasteiger partial charge in [-0.3, -0.25) is 9.59 Å². The fourth-order valence-electron chi connectivity index (χ4n) is 1.96. The lowest BCUT2D eigenvalue weighted by molar-refractivity contribution is -0.145. The molecule has 0 aromatic carbocycles. The van der Waals surface area contributed by atoms with Crippen molar-refractivity contribution < 1.29 is 23.3 Å². The summed E-state index contributed by atoms with van der Waals surface area (Å²) in [6, 6.07) is 6.95. The van der Waals surface area contributed by atoms with Gasteiger partial charge in [0, 0.05) is 13.0 Å². The van der Waals surface area contributed by atoms with E-state index in [1.807, 2.05) is 17.5 Å². The van der Waals surface area contributed by atoms with E-state index >= 15 is 0 Å². The van der Waals surface area contributed by atoms with Crippen molar-refractivity contribution >= 4 is 23.2 Å². The average Bonchev–Trinajstić information content (AvgIpc) is 3.37. The van der Waals surface area contributed by atoms with Gasteiger partial charge in [0.1, 0.15) is 0 Å². The minimum atomic E-state index is -0.394. The molecule has 1 N–H and O–H groups in total. The Hall–Kier alpha value is -2.94. The van der Waals surface area contributed by atoms with Crippen molar-refractivity contribution in [1.29, 1.82) is 0 Å². The molecule has 0 aliphatic rings. The van der Waals surface area contributed by atoms with Crippen molar-refractivity contribution in [2.45, 2.75) is 19.4 Å². The zero-order valence-corrected chi connectivity index (χ0v) is 14.0. The molecule has 0 aliphatic heterocycles. The number of ether oxygens (including phenoxy) is 1. The molecule has 8 nitrogen and oxygen atoms in total. The zero-order valence-electron chi connectivity index (χ0n) is 13.1. The molecule has 0 fully saturated rings. The monoisotopic (exact) mass is 361 g/mol. The average molecular weight is 361 g/mol. The second kappa shape index (κ2) is 8.25. The third kappa shape index (κ3) is 4.77. The largest absolute Gasteiger partial charge is 0.459 e. The summed E-state index contributed by atoms with van der Waals surface area (Å²) >= 11 is 1.48. The summed E-state index contributed by atoms with van der Waals surface area (Å²) in [5.41, 5.74) is 0. The topological polar surface area (TPSA) is 107 Å². The molecule has 0 bridgehead atoms. The number of amides is 1. The summed E-state index contributed by atoms with van der Waals surface area (Å²) in [5.74, 6) is 0.242. The van der Waals surface area contributed by atoms with Crippen LogP contribution in [0, 0.1) is 0 Å². The fraction of sp³-hybridized carbons (Fsp3) is 0.250. The van der Waals surface area contributed by atoms with Crippen LogP contribution in [-0.4, -0.2) is 28.6 Å². The molecule has 3 aromatic heterocycles. The predicted molar refractivity (Wildman–Crippen MR) is 87.7 cm³/mol. The van der Waals surface area contributed by atoms with Crippen molar-refractivity contribution in [3.63, 3.8) is 0 Å².